The van der Waals surface area contributed by atoms with Gasteiger partial charge in [0.05, 0.1) is 17.0 Å². The van der Waals surface area contributed by atoms with Crippen molar-refractivity contribution < 1.29 is 19.1 Å². The lowest BCUT2D eigenvalue weighted by atomic mass is 10.1. The summed E-state index contributed by atoms with van der Waals surface area (Å²) in [7, 11) is 1.54. The maximum atomic E-state index is 12.9. The summed E-state index contributed by atoms with van der Waals surface area (Å²) in [5, 5.41) is 2.40. The summed E-state index contributed by atoms with van der Waals surface area (Å²) in [4.78, 5) is 27.1. The second-order valence-electron chi connectivity index (χ2n) is 8.93. The van der Waals surface area contributed by atoms with E-state index in [0.717, 1.165) is 34.5 Å². The highest BCUT2D eigenvalue weighted by Crippen LogP contribution is 2.39. The van der Waals surface area contributed by atoms with Crippen molar-refractivity contribution in [1.29, 1.82) is 0 Å². The predicted molar refractivity (Wildman–Crippen MR) is 154 cm³/mol. The molecule has 0 bridgehead atoms. The van der Waals surface area contributed by atoms with E-state index < -0.39 is 0 Å². The molecule has 1 saturated heterocycles. The number of nitrogens with zero attached hydrogens (tertiary/aromatic N) is 1. The van der Waals surface area contributed by atoms with E-state index in [1.54, 1.807) is 25.3 Å². The van der Waals surface area contributed by atoms with Gasteiger partial charge in [-0.05, 0) is 76.3 Å². The van der Waals surface area contributed by atoms with Crippen molar-refractivity contribution in [2.24, 2.45) is 0 Å². The van der Waals surface area contributed by atoms with Crippen LogP contribution >= 0.6 is 23.4 Å². The average Bonchev–Trinajstić information content (AvgIpc) is 3.20. The zero-order valence-corrected chi connectivity index (χ0v) is 22.4. The maximum Gasteiger partial charge on any atom is 0.293 e. The molecule has 192 valence electrons. The number of rotatable bonds is 9. The van der Waals surface area contributed by atoms with Crippen molar-refractivity contribution in [1.82, 2.24) is 4.90 Å². The van der Waals surface area contributed by atoms with E-state index >= 15 is 0 Å². The average molecular weight is 544 g/mol. The molecule has 1 aliphatic heterocycles. The van der Waals surface area contributed by atoms with Crippen molar-refractivity contribution >= 4 is 51.4 Å². The van der Waals surface area contributed by atoms with Crippen LogP contribution in [0.15, 0.2) is 89.8 Å². The molecule has 1 heterocycles. The topological polar surface area (TPSA) is 55.8 Å². The Hall–Kier alpha value is -3.74. The molecule has 0 spiro atoms. The zero-order chi connectivity index (χ0) is 26.5. The number of halogens is 1. The SMILES string of the molecule is COc1cc(/C=C2/SC(=O)N(CCCc3ccccc3)C2=O)cc(Cl)c1OCc1ccc2ccccc2c1. The standard InChI is InChI=1S/C31H26ClNO4S/c1-36-27-18-23(17-26(32)29(27)37-20-22-13-14-24-11-5-6-12-25(24)16-22)19-28-30(34)33(31(35)38-28)15-7-10-21-8-3-2-4-9-21/h2-6,8-9,11-14,16-19H,7,10,15,20H2,1H3/b28-19+. The molecule has 7 heteroatoms. The molecule has 0 atom stereocenters. The predicted octanol–water partition coefficient (Wildman–Crippen LogP) is 7.75. The number of imide groups is 1. The zero-order valence-electron chi connectivity index (χ0n) is 20.9. The monoisotopic (exact) mass is 543 g/mol. The number of fused-ring (bicyclic) bond motifs is 1. The van der Waals surface area contributed by atoms with Crippen molar-refractivity contribution in [3.05, 3.63) is 112 Å². The Balaban J connectivity index is 1.27. The smallest absolute Gasteiger partial charge is 0.293 e. The van der Waals surface area contributed by atoms with Crippen molar-refractivity contribution in [3.63, 3.8) is 0 Å². The van der Waals surface area contributed by atoms with Crippen molar-refractivity contribution in [2.75, 3.05) is 13.7 Å². The quantitative estimate of drug-likeness (QED) is 0.202. The normalized spacial score (nSPS) is 14.5. The maximum absolute atomic E-state index is 12.9. The molecule has 0 saturated carbocycles. The first-order valence-corrected chi connectivity index (χ1v) is 13.5. The third-order valence-electron chi connectivity index (χ3n) is 6.31. The van der Waals surface area contributed by atoms with Crippen LogP contribution in [0.3, 0.4) is 0 Å². The molecule has 2 amide bonds. The van der Waals surface area contributed by atoms with E-state index in [9.17, 15) is 9.59 Å². The fraction of sp³-hybridized carbons (Fsp3) is 0.161. The van der Waals surface area contributed by atoms with E-state index in [4.69, 9.17) is 21.1 Å². The molecule has 1 aliphatic rings. The number of hydrogen-bond acceptors (Lipinski definition) is 5. The molecule has 0 unspecified atom stereocenters. The van der Waals surface area contributed by atoms with Gasteiger partial charge >= 0.3 is 0 Å². The van der Waals surface area contributed by atoms with E-state index in [0.29, 0.717) is 46.6 Å². The number of carbonyl (C=O) groups is 2. The number of amides is 2. The molecule has 5 rings (SSSR count). The Labute approximate surface area is 231 Å². The molecule has 38 heavy (non-hydrogen) atoms. The van der Waals surface area contributed by atoms with Crippen LogP contribution in [-0.4, -0.2) is 29.7 Å². The van der Waals surface area contributed by atoms with Crippen LogP contribution in [0.4, 0.5) is 4.79 Å². The number of aryl methyl sites for hydroxylation is 1. The number of ether oxygens (including phenoxy) is 2. The first-order valence-electron chi connectivity index (χ1n) is 12.3. The highest BCUT2D eigenvalue weighted by molar-refractivity contribution is 8.18. The summed E-state index contributed by atoms with van der Waals surface area (Å²) in [6.07, 6.45) is 3.18. The second kappa shape index (κ2) is 11.8. The number of methoxy groups -OCH3 is 1. The molecular formula is C31H26ClNO4S. The minimum atomic E-state index is -0.292. The lowest BCUT2D eigenvalue weighted by molar-refractivity contribution is -0.122. The molecule has 4 aromatic rings. The summed E-state index contributed by atoms with van der Waals surface area (Å²) in [5.74, 6) is 0.583. The Bertz CT molecular complexity index is 1520. The largest absolute Gasteiger partial charge is 0.493 e. The highest BCUT2D eigenvalue weighted by Gasteiger charge is 2.34. The molecule has 4 aromatic carbocycles. The molecule has 0 aromatic heterocycles. The van der Waals surface area contributed by atoms with Gasteiger partial charge < -0.3 is 9.47 Å². The lowest BCUT2D eigenvalue weighted by Gasteiger charge is -2.14. The molecule has 0 N–H and O–H groups in total. The van der Waals surface area contributed by atoms with Gasteiger partial charge in [-0.1, -0.05) is 78.3 Å². The highest BCUT2D eigenvalue weighted by atomic mass is 35.5. The first-order chi connectivity index (χ1) is 18.5. The second-order valence-corrected chi connectivity index (χ2v) is 10.3. The van der Waals surface area contributed by atoms with E-state index in [2.05, 4.69) is 24.3 Å². The van der Waals surface area contributed by atoms with Crippen LogP contribution in [0, 0.1) is 0 Å². The lowest BCUT2D eigenvalue weighted by Crippen LogP contribution is -2.29. The van der Waals surface area contributed by atoms with E-state index in [-0.39, 0.29) is 11.1 Å². The minimum Gasteiger partial charge on any atom is -0.493 e. The van der Waals surface area contributed by atoms with Gasteiger partial charge in [-0.25, -0.2) is 0 Å². The summed E-state index contributed by atoms with van der Waals surface area (Å²) >= 11 is 7.52. The fourth-order valence-electron chi connectivity index (χ4n) is 4.38. The van der Waals surface area contributed by atoms with Crippen LogP contribution in [0.25, 0.3) is 16.8 Å². The van der Waals surface area contributed by atoms with Crippen LogP contribution in [-0.2, 0) is 17.8 Å². The van der Waals surface area contributed by atoms with Crippen LogP contribution in [0.1, 0.15) is 23.1 Å². The summed E-state index contributed by atoms with van der Waals surface area (Å²) in [6, 6.07) is 27.8. The molecule has 5 nitrogen and oxygen atoms in total. The fourth-order valence-corrected chi connectivity index (χ4v) is 5.52. The van der Waals surface area contributed by atoms with Gasteiger partial charge in [-0.15, -0.1) is 0 Å². The van der Waals surface area contributed by atoms with Crippen LogP contribution in [0.2, 0.25) is 5.02 Å². The van der Waals surface area contributed by atoms with Gasteiger partial charge in [0, 0.05) is 6.54 Å². The molecule has 0 aliphatic carbocycles. The number of thioether (sulfide) groups is 1. The summed E-state index contributed by atoms with van der Waals surface area (Å²) in [6.45, 7) is 0.699. The van der Waals surface area contributed by atoms with Gasteiger partial charge in [0.25, 0.3) is 11.1 Å². The third-order valence-corrected chi connectivity index (χ3v) is 7.50. The van der Waals surface area contributed by atoms with Crippen LogP contribution < -0.4 is 9.47 Å². The first kappa shape index (κ1) is 25.9. The van der Waals surface area contributed by atoms with E-state index in [1.807, 2.05) is 48.5 Å². The Morgan fingerprint density at radius 1 is 0.895 bits per heavy atom. The van der Waals surface area contributed by atoms with Gasteiger partial charge in [0.2, 0.25) is 0 Å². The van der Waals surface area contributed by atoms with Crippen LogP contribution in [0.5, 0.6) is 11.5 Å². The summed E-state index contributed by atoms with van der Waals surface area (Å²) < 4.78 is 11.6. The van der Waals surface area contributed by atoms with E-state index in [1.165, 1.54) is 10.5 Å². The van der Waals surface area contributed by atoms with Crippen molar-refractivity contribution in [3.8, 4) is 11.5 Å². The Morgan fingerprint density at radius 2 is 1.66 bits per heavy atom. The number of carbonyl (C=O) groups excluding carboxylic acids is 2. The number of hydrogen-bond donors (Lipinski definition) is 0. The van der Waals surface area contributed by atoms with Gasteiger partial charge in [-0.2, -0.15) is 0 Å². The Morgan fingerprint density at radius 3 is 2.45 bits per heavy atom. The summed E-state index contributed by atoms with van der Waals surface area (Å²) in [5.41, 5.74) is 2.84. The van der Waals surface area contributed by atoms with Gasteiger partial charge in [0.1, 0.15) is 6.61 Å². The molecular weight excluding hydrogens is 518 g/mol. The number of benzene rings is 4. The molecule has 1 fully saturated rings. The third kappa shape index (κ3) is 5.87. The Kier molecular flexibility index (Phi) is 8.01. The minimum absolute atomic E-state index is 0.261. The molecule has 0 radical (unpaired) electrons. The van der Waals surface area contributed by atoms with Gasteiger partial charge in [-0.3, -0.25) is 14.5 Å². The van der Waals surface area contributed by atoms with Crippen molar-refractivity contribution in [2.45, 2.75) is 19.4 Å². The van der Waals surface area contributed by atoms with Gasteiger partial charge in [0.15, 0.2) is 11.5 Å².